The molecular weight excluding hydrogens is 1230 g/mol. The molecule has 0 aromatic heterocycles. The standard InChI is InChI=1S/C75H146O17P2/c1-6-10-13-16-19-22-24-26-27-28-29-30-31-32-34-36-39-45-50-55-60-74(79)91-70(65-86-73(78)59-54-49-44-38-35-33-25-23-20-17-14-11-7-2)66-89-93(81,82)87-62-69(76)63-88-94(83,84)90-67-71(64-85-72(77)58-53-48-43-37-21-18-15-12-8-3)92-75(80)61-56-51-46-41-40-42-47-52-57-68(5)9-4/h68-71,76H,6-67H2,1-5H3,(H,81,82)(H,83,84)/t68?,69-,70-,71-/m1/s1. The van der Waals surface area contributed by atoms with Gasteiger partial charge in [-0.15, -0.1) is 0 Å². The van der Waals surface area contributed by atoms with Gasteiger partial charge in [0.05, 0.1) is 26.4 Å². The predicted molar refractivity (Wildman–Crippen MR) is 382 cm³/mol. The first-order chi connectivity index (χ1) is 45.6. The Kier molecular flexibility index (Phi) is 66.8. The van der Waals surface area contributed by atoms with Gasteiger partial charge < -0.3 is 33.8 Å². The molecule has 3 N–H and O–H groups in total. The number of ether oxygens (including phenoxy) is 4. The summed E-state index contributed by atoms with van der Waals surface area (Å²) < 4.78 is 68.4. The number of phosphoric acid groups is 2. The maximum Gasteiger partial charge on any atom is 0.472 e. The summed E-state index contributed by atoms with van der Waals surface area (Å²) in [6.45, 7) is 7.26. The van der Waals surface area contributed by atoms with Crippen molar-refractivity contribution in [1.29, 1.82) is 0 Å². The molecule has 0 aromatic rings. The minimum Gasteiger partial charge on any atom is -0.462 e. The molecule has 0 heterocycles. The van der Waals surface area contributed by atoms with Crippen molar-refractivity contribution in [3.05, 3.63) is 0 Å². The van der Waals surface area contributed by atoms with Crippen molar-refractivity contribution in [2.45, 2.75) is 412 Å². The topological polar surface area (TPSA) is 237 Å². The average Bonchev–Trinajstić information content (AvgIpc) is 1.78. The fraction of sp³-hybridized carbons (Fsp3) is 0.947. The summed E-state index contributed by atoms with van der Waals surface area (Å²) in [7, 11) is -9.91. The Hall–Kier alpha value is -1.94. The molecule has 558 valence electrons. The van der Waals surface area contributed by atoms with Gasteiger partial charge in [0.2, 0.25) is 0 Å². The lowest BCUT2D eigenvalue weighted by Gasteiger charge is -2.21. The molecular formula is C75H146O17P2. The molecule has 0 saturated heterocycles. The third-order valence-electron chi connectivity index (χ3n) is 17.9. The highest BCUT2D eigenvalue weighted by atomic mass is 31.2. The first-order valence-electron chi connectivity index (χ1n) is 39.2. The number of rotatable bonds is 75. The van der Waals surface area contributed by atoms with Gasteiger partial charge in [-0.2, -0.15) is 0 Å². The van der Waals surface area contributed by atoms with Gasteiger partial charge in [0, 0.05) is 25.7 Å². The highest BCUT2D eigenvalue weighted by Gasteiger charge is 2.30. The van der Waals surface area contributed by atoms with Crippen molar-refractivity contribution >= 4 is 39.5 Å². The summed E-state index contributed by atoms with van der Waals surface area (Å²) in [5, 5.41) is 10.6. The largest absolute Gasteiger partial charge is 0.472 e. The van der Waals surface area contributed by atoms with E-state index in [2.05, 4.69) is 34.6 Å². The van der Waals surface area contributed by atoms with Gasteiger partial charge in [-0.25, -0.2) is 9.13 Å². The second kappa shape index (κ2) is 68.2. The van der Waals surface area contributed by atoms with Crippen LogP contribution in [0.3, 0.4) is 0 Å². The normalized spacial score (nSPS) is 14.3. The summed E-state index contributed by atoms with van der Waals surface area (Å²) in [4.78, 5) is 72.7. The molecule has 17 nitrogen and oxygen atoms in total. The predicted octanol–water partition coefficient (Wildman–Crippen LogP) is 22.1. The number of hydrogen-bond donors (Lipinski definition) is 3. The Balaban J connectivity index is 5.20. The zero-order valence-corrected chi connectivity index (χ0v) is 62.9. The van der Waals surface area contributed by atoms with E-state index >= 15 is 0 Å². The molecule has 0 rings (SSSR count). The van der Waals surface area contributed by atoms with Crippen molar-refractivity contribution in [2.75, 3.05) is 39.6 Å². The van der Waals surface area contributed by atoms with Crippen LogP contribution in [0, 0.1) is 5.92 Å². The molecule has 19 heteroatoms. The highest BCUT2D eigenvalue weighted by Crippen LogP contribution is 2.45. The highest BCUT2D eigenvalue weighted by molar-refractivity contribution is 7.47. The minimum absolute atomic E-state index is 0.105. The molecule has 0 radical (unpaired) electrons. The van der Waals surface area contributed by atoms with Gasteiger partial charge in [0.15, 0.2) is 12.2 Å². The fourth-order valence-corrected chi connectivity index (χ4v) is 13.1. The van der Waals surface area contributed by atoms with Gasteiger partial charge in [-0.1, -0.05) is 343 Å². The van der Waals surface area contributed by atoms with Crippen LogP contribution in [0.4, 0.5) is 0 Å². The Morgan fingerprint density at radius 1 is 0.298 bits per heavy atom. The molecule has 0 bridgehead atoms. The van der Waals surface area contributed by atoms with Crippen molar-refractivity contribution < 1.29 is 80.2 Å². The summed E-state index contributed by atoms with van der Waals surface area (Å²) in [5.41, 5.74) is 0. The first kappa shape index (κ1) is 92.1. The molecule has 0 aliphatic heterocycles. The maximum atomic E-state index is 13.1. The quantitative estimate of drug-likeness (QED) is 0.0222. The molecule has 0 saturated carbocycles. The molecule has 0 amide bonds. The van der Waals surface area contributed by atoms with Crippen LogP contribution in [0.2, 0.25) is 0 Å². The number of aliphatic hydroxyl groups excluding tert-OH is 1. The van der Waals surface area contributed by atoms with Crippen LogP contribution in [-0.4, -0.2) is 96.7 Å². The lowest BCUT2D eigenvalue weighted by atomic mass is 9.99. The second-order valence-electron chi connectivity index (χ2n) is 27.3. The Bertz CT molecular complexity index is 1810. The van der Waals surface area contributed by atoms with E-state index in [1.54, 1.807) is 0 Å². The summed E-state index contributed by atoms with van der Waals surface area (Å²) in [5.74, 6) is -1.35. The molecule has 0 aliphatic carbocycles. The van der Waals surface area contributed by atoms with Crippen LogP contribution >= 0.6 is 15.6 Å². The number of esters is 4. The van der Waals surface area contributed by atoms with Crippen molar-refractivity contribution in [3.8, 4) is 0 Å². The van der Waals surface area contributed by atoms with Crippen molar-refractivity contribution in [1.82, 2.24) is 0 Å². The fourth-order valence-electron chi connectivity index (χ4n) is 11.5. The average molecular weight is 1380 g/mol. The van der Waals surface area contributed by atoms with E-state index in [4.69, 9.17) is 37.0 Å². The second-order valence-corrected chi connectivity index (χ2v) is 30.2. The number of carbonyl (C=O) groups excluding carboxylic acids is 4. The molecule has 0 aromatic carbocycles. The van der Waals surface area contributed by atoms with Gasteiger partial charge in [-0.3, -0.25) is 37.3 Å². The number of phosphoric ester groups is 2. The van der Waals surface area contributed by atoms with E-state index in [1.807, 2.05) is 0 Å². The molecule has 0 fully saturated rings. The Labute approximate surface area is 575 Å². The smallest absolute Gasteiger partial charge is 0.462 e. The van der Waals surface area contributed by atoms with E-state index in [0.717, 1.165) is 95.8 Å². The van der Waals surface area contributed by atoms with E-state index < -0.39 is 97.5 Å². The Morgan fingerprint density at radius 3 is 0.755 bits per heavy atom. The third-order valence-corrected chi connectivity index (χ3v) is 19.8. The summed E-state index contributed by atoms with van der Waals surface area (Å²) in [6.07, 6.45) is 56.9. The SMILES string of the molecule is CCCCCCCCCCCCCCCCCCCCCCC(=O)O[C@H](COC(=O)CCCCCCCCCCCCCCC)COP(=O)(O)OC[C@@H](O)COP(=O)(O)OC[C@@H](COC(=O)CCCCCCCCCCC)OC(=O)CCCCCCCCCCC(C)CC. The van der Waals surface area contributed by atoms with Gasteiger partial charge in [0.1, 0.15) is 19.3 Å². The number of aliphatic hydroxyl groups is 1. The van der Waals surface area contributed by atoms with Gasteiger partial charge in [0.25, 0.3) is 0 Å². The van der Waals surface area contributed by atoms with Crippen LogP contribution in [-0.2, 0) is 65.4 Å². The lowest BCUT2D eigenvalue weighted by Crippen LogP contribution is -2.30. The van der Waals surface area contributed by atoms with Crippen LogP contribution in [0.15, 0.2) is 0 Å². The van der Waals surface area contributed by atoms with Gasteiger partial charge in [-0.05, 0) is 31.6 Å². The Morgan fingerprint density at radius 2 is 0.511 bits per heavy atom. The van der Waals surface area contributed by atoms with Crippen molar-refractivity contribution in [3.63, 3.8) is 0 Å². The molecule has 3 unspecified atom stereocenters. The van der Waals surface area contributed by atoms with Crippen LogP contribution in [0.1, 0.15) is 394 Å². The van der Waals surface area contributed by atoms with Crippen LogP contribution in [0.25, 0.3) is 0 Å². The van der Waals surface area contributed by atoms with E-state index in [0.29, 0.717) is 25.7 Å². The first-order valence-corrected chi connectivity index (χ1v) is 42.2. The zero-order valence-electron chi connectivity index (χ0n) is 61.1. The molecule has 0 spiro atoms. The van der Waals surface area contributed by atoms with E-state index in [1.165, 1.54) is 218 Å². The summed E-state index contributed by atoms with van der Waals surface area (Å²) in [6, 6.07) is 0. The maximum absolute atomic E-state index is 13.1. The zero-order chi connectivity index (χ0) is 69.1. The lowest BCUT2D eigenvalue weighted by molar-refractivity contribution is -0.161. The van der Waals surface area contributed by atoms with Crippen LogP contribution < -0.4 is 0 Å². The van der Waals surface area contributed by atoms with Crippen LogP contribution in [0.5, 0.6) is 0 Å². The molecule has 0 aliphatic rings. The number of hydrogen-bond acceptors (Lipinski definition) is 15. The monoisotopic (exact) mass is 1380 g/mol. The number of carbonyl (C=O) groups is 4. The number of unbranched alkanes of at least 4 members (excludes halogenated alkanes) is 46. The molecule has 94 heavy (non-hydrogen) atoms. The third kappa shape index (κ3) is 67.3. The van der Waals surface area contributed by atoms with E-state index in [-0.39, 0.29) is 25.7 Å². The van der Waals surface area contributed by atoms with Gasteiger partial charge >= 0.3 is 39.5 Å². The molecule has 6 atom stereocenters. The van der Waals surface area contributed by atoms with Crippen molar-refractivity contribution in [2.24, 2.45) is 5.92 Å². The minimum atomic E-state index is -4.95. The van der Waals surface area contributed by atoms with E-state index in [9.17, 15) is 43.2 Å². The summed E-state index contributed by atoms with van der Waals surface area (Å²) >= 11 is 0.